The molecule has 0 atom stereocenters. The van der Waals surface area contributed by atoms with Gasteiger partial charge in [0, 0.05) is 18.7 Å². The first-order valence-corrected chi connectivity index (χ1v) is 6.01. The second-order valence-corrected chi connectivity index (χ2v) is 5.95. The van der Waals surface area contributed by atoms with Crippen molar-refractivity contribution >= 4 is 11.8 Å². The molecule has 0 saturated heterocycles. The van der Waals surface area contributed by atoms with Crippen LogP contribution in [-0.2, 0) is 19.4 Å². The quantitative estimate of drug-likeness (QED) is 0.427. The topological polar surface area (TPSA) is 55.8 Å². The van der Waals surface area contributed by atoms with E-state index in [1.165, 1.54) is 17.1 Å². The molecule has 18 heavy (non-hydrogen) atoms. The average Bonchev–Trinajstić information content (AvgIpc) is 2.53. The van der Waals surface area contributed by atoms with Crippen molar-refractivity contribution in [1.29, 1.82) is 0 Å². The zero-order valence-corrected chi connectivity index (χ0v) is 11.6. The summed E-state index contributed by atoms with van der Waals surface area (Å²) in [5.41, 5.74) is -0.950. The van der Waals surface area contributed by atoms with Crippen LogP contribution in [0.5, 0.6) is 0 Å². The van der Waals surface area contributed by atoms with Crippen LogP contribution in [0.2, 0.25) is 0 Å². The van der Waals surface area contributed by atoms with Crippen molar-refractivity contribution in [1.82, 2.24) is 4.90 Å². The average molecular weight is 255 g/mol. The highest BCUT2D eigenvalue weighted by Gasteiger charge is 2.29. The molecule has 5 nitrogen and oxygen atoms in total. The highest BCUT2D eigenvalue weighted by atomic mass is 17.2. The molecule has 1 aliphatic heterocycles. The third kappa shape index (κ3) is 4.58. The largest absolute Gasteiger partial charge is 0.275 e. The van der Waals surface area contributed by atoms with Crippen LogP contribution in [0.15, 0.2) is 12.2 Å². The first-order chi connectivity index (χ1) is 8.11. The number of carbonyl (C=O) groups excluding carboxylic acids is 2. The molecule has 0 aromatic heterocycles. The zero-order chi connectivity index (χ0) is 14.0. The van der Waals surface area contributed by atoms with Gasteiger partial charge >= 0.3 is 0 Å². The molecule has 0 aromatic rings. The van der Waals surface area contributed by atoms with Gasteiger partial charge in [0.15, 0.2) is 0 Å². The van der Waals surface area contributed by atoms with Crippen molar-refractivity contribution in [2.75, 3.05) is 6.54 Å². The third-order valence-corrected chi connectivity index (χ3v) is 2.36. The molecule has 0 N–H and O–H groups in total. The normalized spacial score (nSPS) is 16.8. The standard InChI is InChI=1S/C13H21NO4/c1-12(2,3)17-18-13(4,5)8-9-14-10(15)6-7-11(14)16/h6-7H,8-9H2,1-5H3. The summed E-state index contributed by atoms with van der Waals surface area (Å²) in [7, 11) is 0. The molecule has 0 aliphatic carbocycles. The van der Waals surface area contributed by atoms with E-state index in [2.05, 4.69) is 0 Å². The van der Waals surface area contributed by atoms with Crippen molar-refractivity contribution in [2.45, 2.75) is 52.2 Å². The highest BCUT2D eigenvalue weighted by Crippen LogP contribution is 2.20. The molecule has 0 aromatic carbocycles. The number of rotatable bonds is 5. The molecule has 0 saturated carbocycles. The van der Waals surface area contributed by atoms with E-state index in [0.29, 0.717) is 13.0 Å². The second-order valence-electron chi connectivity index (χ2n) is 5.95. The Kier molecular flexibility index (Phi) is 4.29. The van der Waals surface area contributed by atoms with Gasteiger partial charge < -0.3 is 0 Å². The number of carbonyl (C=O) groups is 2. The fourth-order valence-electron chi connectivity index (χ4n) is 1.31. The summed E-state index contributed by atoms with van der Waals surface area (Å²) in [4.78, 5) is 34.5. The Labute approximate surface area is 108 Å². The molecule has 0 bridgehead atoms. The Balaban J connectivity index is 2.42. The maximum absolute atomic E-state index is 11.4. The molecule has 0 unspecified atom stereocenters. The molecule has 2 amide bonds. The minimum atomic E-state index is -0.559. The molecular formula is C13H21NO4. The van der Waals surface area contributed by atoms with Gasteiger partial charge in [-0.1, -0.05) is 0 Å². The zero-order valence-electron chi connectivity index (χ0n) is 11.6. The second kappa shape index (κ2) is 5.20. The molecule has 5 heteroatoms. The highest BCUT2D eigenvalue weighted by molar-refractivity contribution is 6.12. The lowest BCUT2D eigenvalue weighted by atomic mass is 10.1. The lowest BCUT2D eigenvalue weighted by molar-refractivity contribution is -0.398. The Hall–Kier alpha value is -1.20. The summed E-state index contributed by atoms with van der Waals surface area (Å²) in [5.74, 6) is -0.542. The summed E-state index contributed by atoms with van der Waals surface area (Å²) in [5, 5.41) is 0. The summed E-state index contributed by atoms with van der Waals surface area (Å²) < 4.78 is 0. The number of amides is 2. The van der Waals surface area contributed by atoms with E-state index in [4.69, 9.17) is 9.78 Å². The van der Waals surface area contributed by atoms with Crippen LogP contribution in [0, 0.1) is 0 Å². The lowest BCUT2D eigenvalue weighted by Gasteiger charge is -2.29. The Bertz CT molecular complexity index is 348. The third-order valence-electron chi connectivity index (χ3n) is 2.36. The van der Waals surface area contributed by atoms with E-state index in [-0.39, 0.29) is 11.8 Å². The molecule has 1 aliphatic rings. The van der Waals surface area contributed by atoms with Crippen molar-refractivity contribution in [3.63, 3.8) is 0 Å². The predicted molar refractivity (Wildman–Crippen MR) is 66.5 cm³/mol. The first-order valence-electron chi connectivity index (χ1n) is 6.01. The van der Waals surface area contributed by atoms with E-state index in [1.54, 1.807) is 0 Å². The van der Waals surface area contributed by atoms with E-state index >= 15 is 0 Å². The summed E-state index contributed by atoms with van der Waals surface area (Å²) >= 11 is 0. The SMILES string of the molecule is CC(C)(C)OOC(C)(C)CCN1C(=O)C=CC1=O. The molecule has 0 radical (unpaired) electrons. The smallest absolute Gasteiger partial charge is 0.253 e. The number of nitrogens with zero attached hydrogens (tertiary/aromatic N) is 1. The van der Waals surface area contributed by atoms with E-state index in [1.807, 2.05) is 34.6 Å². The van der Waals surface area contributed by atoms with Gasteiger partial charge in [-0.15, -0.1) is 0 Å². The van der Waals surface area contributed by atoms with Crippen molar-refractivity contribution in [3.05, 3.63) is 12.2 Å². The molecule has 0 spiro atoms. The van der Waals surface area contributed by atoms with Crippen LogP contribution in [-0.4, -0.2) is 34.5 Å². The van der Waals surface area contributed by atoms with Crippen LogP contribution in [0.4, 0.5) is 0 Å². The molecule has 1 rings (SSSR count). The van der Waals surface area contributed by atoms with Gasteiger partial charge in [0.25, 0.3) is 11.8 Å². The van der Waals surface area contributed by atoms with Crippen LogP contribution in [0.3, 0.4) is 0 Å². The van der Waals surface area contributed by atoms with Crippen LogP contribution >= 0.6 is 0 Å². The number of imide groups is 1. The minimum absolute atomic E-state index is 0.271. The van der Waals surface area contributed by atoms with Crippen molar-refractivity contribution < 1.29 is 19.4 Å². The van der Waals surface area contributed by atoms with Crippen LogP contribution < -0.4 is 0 Å². The van der Waals surface area contributed by atoms with Gasteiger partial charge in [0.05, 0.1) is 11.2 Å². The summed E-state index contributed by atoms with van der Waals surface area (Å²) in [6, 6.07) is 0. The maximum Gasteiger partial charge on any atom is 0.253 e. The molecular weight excluding hydrogens is 234 g/mol. The predicted octanol–water partition coefficient (Wildman–Crippen LogP) is 1.83. The van der Waals surface area contributed by atoms with E-state index in [0.717, 1.165) is 0 Å². The Morgan fingerprint density at radius 3 is 1.94 bits per heavy atom. The van der Waals surface area contributed by atoms with Crippen molar-refractivity contribution in [2.24, 2.45) is 0 Å². The Morgan fingerprint density at radius 2 is 1.50 bits per heavy atom. The van der Waals surface area contributed by atoms with Gasteiger partial charge in [0.1, 0.15) is 0 Å². The van der Waals surface area contributed by atoms with Crippen LogP contribution in [0.1, 0.15) is 41.0 Å². The first kappa shape index (κ1) is 14.9. The van der Waals surface area contributed by atoms with Crippen molar-refractivity contribution in [3.8, 4) is 0 Å². The van der Waals surface area contributed by atoms with Gasteiger partial charge in [-0.3, -0.25) is 14.5 Å². The number of hydrogen-bond acceptors (Lipinski definition) is 4. The molecule has 0 fully saturated rings. The summed E-state index contributed by atoms with van der Waals surface area (Å²) in [6.07, 6.45) is 3.08. The van der Waals surface area contributed by atoms with E-state index < -0.39 is 11.2 Å². The monoisotopic (exact) mass is 255 g/mol. The van der Waals surface area contributed by atoms with Gasteiger partial charge in [-0.2, -0.15) is 0 Å². The van der Waals surface area contributed by atoms with Crippen LogP contribution in [0.25, 0.3) is 0 Å². The molecule has 102 valence electrons. The lowest BCUT2D eigenvalue weighted by Crippen LogP contribution is -2.37. The maximum atomic E-state index is 11.4. The Morgan fingerprint density at radius 1 is 1.00 bits per heavy atom. The fourth-order valence-corrected chi connectivity index (χ4v) is 1.31. The summed E-state index contributed by atoms with van der Waals surface area (Å²) in [6.45, 7) is 9.71. The fraction of sp³-hybridized carbons (Fsp3) is 0.692. The van der Waals surface area contributed by atoms with Gasteiger partial charge in [0.2, 0.25) is 0 Å². The van der Waals surface area contributed by atoms with Gasteiger partial charge in [-0.25, -0.2) is 9.78 Å². The minimum Gasteiger partial charge on any atom is -0.275 e. The molecule has 1 heterocycles. The number of hydrogen-bond donors (Lipinski definition) is 0. The van der Waals surface area contributed by atoms with Gasteiger partial charge in [-0.05, 0) is 41.0 Å². The van der Waals surface area contributed by atoms with E-state index in [9.17, 15) is 9.59 Å².